The minimum absolute atomic E-state index is 0.502. The van der Waals surface area contributed by atoms with Crippen molar-refractivity contribution in [2.75, 3.05) is 5.73 Å². The van der Waals surface area contributed by atoms with E-state index in [1.807, 2.05) is 6.07 Å². The Kier molecular flexibility index (Phi) is 2.65. The summed E-state index contributed by atoms with van der Waals surface area (Å²) in [5.41, 5.74) is 7.28. The van der Waals surface area contributed by atoms with Crippen molar-refractivity contribution in [3.8, 4) is 5.69 Å². The first-order valence-electron chi connectivity index (χ1n) is 6.73. The summed E-state index contributed by atoms with van der Waals surface area (Å²) in [4.78, 5) is 7.32. The van der Waals surface area contributed by atoms with Crippen molar-refractivity contribution in [3.63, 3.8) is 0 Å². The topological polar surface area (TPSA) is 72.5 Å². The van der Waals surface area contributed by atoms with Gasteiger partial charge in [0.15, 0.2) is 5.69 Å². The zero-order valence-electron chi connectivity index (χ0n) is 11.6. The van der Waals surface area contributed by atoms with Gasteiger partial charge in [-0.25, -0.2) is 9.67 Å². The van der Waals surface area contributed by atoms with Gasteiger partial charge in [-0.05, 0) is 18.2 Å². The molecule has 116 valence electrons. The molecule has 0 radical (unpaired) electrons. The number of nitrogens with one attached hydrogen (secondary N) is 1. The molecule has 0 aliphatic carbocycles. The number of nitrogens with two attached hydrogens (primary N) is 1. The maximum Gasteiger partial charge on any atom is 0.435 e. The van der Waals surface area contributed by atoms with Crippen molar-refractivity contribution in [2.45, 2.75) is 6.18 Å². The first kappa shape index (κ1) is 13.6. The van der Waals surface area contributed by atoms with Gasteiger partial charge in [-0.1, -0.05) is 12.1 Å². The van der Waals surface area contributed by atoms with Crippen molar-refractivity contribution in [2.24, 2.45) is 0 Å². The third-order valence-electron chi connectivity index (χ3n) is 3.66. The smallest absolute Gasteiger partial charge is 0.397 e. The lowest BCUT2D eigenvalue weighted by atomic mass is 10.1. The van der Waals surface area contributed by atoms with E-state index in [0.717, 1.165) is 11.5 Å². The van der Waals surface area contributed by atoms with Gasteiger partial charge in [0, 0.05) is 17.8 Å². The van der Waals surface area contributed by atoms with Crippen LogP contribution in [0.4, 0.5) is 18.9 Å². The van der Waals surface area contributed by atoms with Crippen LogP contribution in [0.3, 0.4) is 0 Å². The number of nitrogen functional groups attached to an aromatic ring is 1. The highest BCUT2D eigenvalue weighted by molar-refractivity contribution is 6.13. The van der Waals surface area contributed by atoms with E-state index in [9.17, 15) is 13.2 Å². The van der Waals surface area contributed by atoms with E-state index in [1.54, 1.807) is 18.2 Å². The van der Waals surface area contributed by atoms with Crippen LogP contribution in [0.15, 0.2) is 42.7 Å². The molecule has 0 bridgehead atoms. The first-order valence-corrected chi connectivity index (χ1v) is 6.73. The molecule has 0 atom stereocenters. The van der Waals surface area contributed by atoms with Crippen molar-refractivity contribution >= 4 is 27.6 Å². The standard InChI is InChI=1S/C15H10F3N5/c16-15(17,18)11-5-7-23(22-11)10-4-6-20-14-12(10)8-2-1-3-9(19)13(8)21-14/h1-7H,19H2,(H,20,21). The van der Waals surface area contributed by atoms with E-state index >= 15 is 0 Å². The molecule has 1 aromatic carbocycles. The zero-order valence-corrected chi connectivity index (χ0v) is 11.6. The number of benzene rings is 1. The molecule has 23 heavy (non-hydrogen) atoms. The summed E-state index contributed by atoms with van der Waals surface area (Å²) in [5.74, 6) is 0. The Hall–Kier alpha value is -3.03. The Morgan fingerprint density at radius 2 is 1.96 bits per heavy atom. The number of alkyl halides is 3. The minimum atomic E-state index is -4.48. The predicted molar refractivity (Wildman–Crippen MR) is 80.1 cm³/mol. The molecule has 0 saturated heterocycles. The molecule has 0 aliphatic rings. The number of hydrogen-bond donors (Lipinski definition) is 2. The second-order valence-electron chi connectivity index (χ2n) is 5.09. The molecule has 0 amide bonds. The molecule has 4 rings (SSSR count). The summed E-state index contributed by atoms with van der Waals surface area (Å²) in [5, 5.41) is 5.09. The lowest BCUT2D eigenvalue weighted by Gasteiger charge is -2.05. The average Bonchev–Trinajstić information content (AvgIpc) is 3.11. The predicted octanol–water partition coefficient (Wildman–Crippen LogP) is 3.50. The minimum Gasteiger partial charge on any atom is -0.397 e. The maximum absolute atomic E-state index is 12.8. The van der Waals surface area contributed by atoms with Crippen LogP contribution in [0, 0.1) is 0 Å². The molecular weight excluding hydrogens is 307 g/mol. The van der Waals surface area contributed by atoms with E-state index in [1.165, 1.54) is 17.1 Å². The van der Waals surface area contributed by atoms with Gasteiger partial charge in [-0.2, -0.15) is 18.3 Å². The van der Waals surface area contributed by atoms with Crippen LogP contribution < -0.4 is 5.73 Å². The third-order valence-corrected chi connectivity index (χ3v) is 3.66. The number of anilines is 1. The summed E-state index contributed by atoms with van der Waals surface area (Å²) < 4.78 is 39.5. The van der Waals surface area contributed by atoms with E-state index in [-0.39, 0.29) is 0 Å². The van der Waals surface area contributed by atoms with Gasteiger partial charge >= 0.3 is 6.18 Å². The average molecular weight is 317 g/mol. The molecule has 0 spiro atoms. The molecule has 3 aromatic heterocycles. The molecule has 5 nitrogen and oxygen atoms in total. The highest BCUT2D eigenvalue weighted by Gasteiger charge is 2.33. The molecule has 0 unspecified atom stereocenters. The van der Waals surface area contributed by atoms with E-state index in [4.69, 9.17) is 5.73 Å². The fourth-order valence-corrected chi connectivity index (χ4v) is 2.65. The summed E-state index contributed by atoms with van der Waals surface area (Å²) in [6.45, 7) is 0. The van der Waals surface area contributed by atoms with E-state index < -0.39 is 11.9 Å². The monoisotopic (exact) mass is 317 g/mol. The van der Waals surface area contributed by atoms with Crippen LogP contribution in [0.5, 0.6) is 0 Å². The molecule has 0 aliphatic heterocycles. The Bertz CT molecular complexity index is 1030. The summed E-state index contributed by atoms with van der Waals surface area (Å²) in [7, 11) is 0. The fourth-order valence-electron chi connectivity index (χ4n) is 2.65. The quantitative estimate of drug-likeness (QED) is 0.528. The largest absolute Gasteiger partial charge is 0.435 e. The number of hydrogen-bond acceptors (Lipinski definition) is 3. The van der Waals surface area contributed by atoms with Crippen LogP contribution in [0.1, 0.15) is 5.69 Å². The van der Waals surface area contributed by atoms with Crippen molar-refractivity contribution < 1.29 is 13.2 Å². The Morgan fingerprint density at radius 1 is 1.13 bits per heavy atom. The number of pyridine rings is 1. The van der Waals surface area contributed by atoms with Gasteiger partial charge in [0.25, 0.3) is 0 Å². The van der Waals surface area contributed by atoms with Crippen LogP contribution in [0.2, 0.25) is 0 Å². The Labute approximate surface area is 127 Å². The third kappa shape index (κ3) is 2.02. The van der Waals surface area contributed by atoms with E-state index in [0.29, 0.717) is 27.9 Å². The molecule has 8 heteroatoms. The van der Waals surface area contributed by atoms with Crippen LogP contribution in [-0.4, -0.2) is 19.7 Å². The van der Waals surface area contributed by atoms with Gasteiger partial charge in [-0.3, -0.25) is 0 Å². The van der Waals surface area contributed by atoms with Crippen molar-refractivity contribution in [1.82, 2.24) is 19.7 Å². The highest BCUT2D eigenvalue weighted by Crippen LogP contribution is 2.33. The number of para-hydroxylation sites is 1. The number of H-pyrrole nitrogens is 1. The van der Waals surface area contributed by atoms with Gasteiger partial charge in [0.1, 0.15) is 5.65 Å². The maximum atomic E-state index is 12.8. The van der Waals surface area contributed by atoms with Crippen LogP contribution in [-0.2, 0) is 6.18 Å². The molecule has 0 fully saturated rings. The fraction of sp³-hybridized carbons (Fsp3) is 0.0667. The number of rotatable bonds is 1. The SMILES string of the molecule is Nc1cccc2c1[nH]c1nccc(-n3ccc(C(F)(F)F)n3)c12. The molecule has 3 heterocycles. The Morgan fingerprint density at radius 3 is 2.70 bits per heavy atom. The summed E-state index contributed by atoms with van der Waals surface area (Å²) in [6, 6.07) is 7.92. The van der Waals surface area contributed by atoms with Gasteiger partial charge in [0.05, 0.1) is 22.3 Å². The first-order chi connectivity index (χ1) is 10.9. The normalized spacial score (nSPS) is 12.3. The Balaban J connectivity index is 2.02. The van der Waals surface area contributed by atoms with Gasteiger partial charge in [0.2, 0.25) is 0 Å². The van der Waals surface area contributed by atoms with Crippen molar-refractivity contribution in [1.29, 1.82) is 0 Å². The van der Waals surface area contributed by atoms with Crippen LogP contribution in [0.25, 0.3) is 27.6 Å². The van der Waals surface area contributed by atoms with Gasteiger partial charge < -0.3 is 10.7 Å². The molecule has 0 saturated carbocycles. The second-order valence-corrected chi connectivity index (χ2v) is 5.09. The number of fused-ring (bicyclic) bond motifs is 3. The zero-order chi connectivity index (χ0) is 16.2. The highest BCUT2D eigenvalue weighted by atomic mass is 19.4. The number of aromatic amines is 1. The number of nitrogens with zero attached hydrogens (tertiary/aromatic N) is 3. The molecular formula is C15H10F3N5. The van der Waals surface area contributed by atoms with E-state index in [2.05, 4.69) is 15.1 Å². The van der Waals surface area contributed by atoms with Crippen molar-refractivity contribution in [3.05, 3.63) is 48.4 Å². The number of halogens is 3. The summed E-state index contributed by atoms with van der Waals surface area (Å²) in [6.07, 6.45) is -1.69. The second kappa shape index (κ2) is 4.48. The summed E-state index contributed by atoms with van der Waals surface area (Å²) >= 11 is 0. The molecule has 3 N–H and O–H groups in total. The van der Waals surface area contributed by atoms with Crippen LogP contribution >= 0.6 is 0 Å². The molecule has 4 aromatic rings. The lowest BCUT2D eigenvalue weighted by molar-refractivity contribution is -0.141. The lowest BCUT2D eigenvalue weighted by Crippen LogP contribution is -2.07. The number of aromatic nitrogens is 4. The van der Waals surface area contributed by atoms with Gasteiger partial charge in [-0.15, -0.1) is 0 Å².